The summed E-state index contributed by atoms with van der Waals surface area (Å²) in [7, 11) is 0. The lowest BCUT2D eigenvalue weighted by Crippen LogP contribution is -2.23. The maximum atomic E-state index is 15.2. The minimum Gasteiger partial charge on any atom is -0.375 e. The van der Waals surface area contributed by atoms with Crippen molar-refractivity contribution in [2.45, 2.75) is 33.3 Å². The average molecular weight is 428 g/mol. The molecule has 1 saturated carbocycles. The van der Waals surface area contributed by atoms with Crippen LogP contribution in [0, 0.1) is 30.0 Å². The van der Waals surface area contributed by atoms with Crippen molar-refractivity contribution in [3.8, 4) is 11.8 Å². The van der Waals surface area contributed by atoms with Crippen molar-refractivity contribution >= 4 is 28.2 Å². The van der Waals surface area contributed by atoms with Crippen LogP contribution >= 0.6 is 0 Å². The molecule has 0 saturated heterocycles. The molecule has 7 nitrogen and oxygen atoms in total. The minimum atomic E-state index is -0.345. The monoisotopic (exact) mass is 428 g/mol. The molecule has 0 radical (unpaired) electrons. The van der Waals surface area contributed by atoms with E-state index in [1.165, 1.54) is 6.07 Å². The number of aromatic nitrogens is 5. The highest BCUT2D eigenvalue weighted by atomic mass is 19.1. The fraction of sp³-hybridized carbons (Fsp3) is 0.333. The molecule has 0 unspecified atom stereocenters. The summed E-state index contributed by atoms with van der Waals surface area (Å²) in [6, 6.07) is 6.92. The molecule has 1 aliphatic carbocycles. The summed E-state index contributed by atoms with van der Waals surface area (Å²) in [6.45, 7) is 5.37. The summed E-state index contributed by atoms with van der Waals surface area (Å²) in [5.74, 6) is 7.85. The predicted octanol–water partition coefficient (Wildman–Crippen LogP) is 3.94. The van der Waals surface area contributed by atoms with Gasteiger partial charge in [-0.1, -0.05) is 12.0 Å². The smallest absolute Gasteiger partial charge is 0.257 e. The molecule has 0 bridgehead atoms. The number of hydrogen-bond acceptors (Lipinski definition) is 6. The van der Waals surface area contributed by atoms with Gasteiger partial charge in [-0.05, 0) is 50.8 Å². The van der Waals surface area contributed by atoms with Crippen LogP contribution < -0.4 is 4.90 Å². The van der Waals surface area contributed by atoms with Gasteiger partial charge < -0.3 is 9.64 Å². The molecule has 4 aromatic rings. The Morgan fingerprint density at radius 2 is 2.06 bits per heavy atom. The minimum absolute atomic E-state index is 0.0904. The van der Waals surface area contributed by atoms with E-state index in [0.717, 1.165) is 24.1 Å². The zero-order chi connectivity index (χ0) is 21.9. The van der Waals surface area contributed by atoms with E-state index in [1.807, 2.05) is 24.0 Å². The van der Waals surface area contributed by atoms with Gasteiger partial charge in [-0.3, -0.25) is 4.40 Å². The SMILES string of the molecule is Cc1nnc2nc(N3CCOCc4c3ccnc4C#CC3(C)CC3)c3c(F)cccc3n12. The van der Waals surface area contributed by atoms with E-state index in [4.69, 9.17) is 9.72 Å². The lowest BCUT2D eigenvalue weighted by atomic mass is 10.1. The second-order valence-corrected chi connectivity index (χ2v) is 8.62. The Labute approximate surface area is 184 Å². The van der Waals surface area contributed by atoms with Crippen molar-refractivity contribution in [1.29, 1.82) is 0 Å². The number of pyridine rings is 1. The van der Waals surface area contributed by atoms with Gasteiger partial charge >= 0.3 is 0 Å². The van der Waals surface area contributed by atoms with Crippen molar-refractivity contribution in [3.63, 3.8) is 0 Å². The first-order valence-electron chi connectivity index (χ1n) is 10.7. The fourth-order valence-electron chi connectivity index (χ4n) is 4.15. The van der Waals surface area contributed by atoms with E-state index in [0.29, 0.717) is 53.8 Å². The molecule has 1 aliphatic heterocycles. The van der Waals surface area contributed by atoms with E-state index in [9.17, 15) is 0 Å². The molecule has 6 rings (SSSR count). The lowest BCUT2D eigenvalue weighted by molar-refractivity contribution is 0.133. The number of aryl methyl sites for hydroxylation is 1. The standard InChI is InChI=1S/C24H21FN6O/c1-15-28-29-23-27-22(21-17(25)4-3-5-20(21)31(15)23)30-12-13-32-14-16-18(26-11-7-19(16)30)6-8-24(2)9-10-24/h3-5,7,11H,9-10,12-14H2,1-2H3. The van der Waals surface area contributed by atoms with E-state index >= 15 is 4.39 Å². The second-order valence-electron chi connectivity index (χ2n) is 8.62. The van der Waals surface area contributed by atoms with Crippen molar-refractivity contribution < 1.29 is 9.13 Å². The molecule has 32 heavy (non-hydrogen) atoms. The van der Waals surface area contributed by atoms with Crippen molar-refractivity contribution in [2.24, 2.45) is 5.41 Å². The van der Waals surface area contributed by atoms with Crippen LogP contribution in [0.15, 0.2) is 30.5 Å². The van der Waals surface area contributed by atoms with Gasteiger partial charge in [-0.2, -0.15) is 4.98 Å². The Bertz CT molecular complexity index is 1450. The van der Waals surface area contributed by atoms with Crippen LogP contribution in [0.25, 0.3) is 16.7 Å². The van der Waals surface area contributed by atoms with E-state index < -0.39 is 0 Å². The third-order valence-corrected chi connectivity index (χ3v) is 6.24. The van der Waals surface area contributed by atoms with Crippen molar-refractivity contribution in [2.75, 3.05) is 18.1 Å². The number of benzene rings is 1. The Balaban J connectivity index is 1.59. The number of ether oxygens (including phenoxy) is 1. The number of fused-ring (bicyclic) bond motifs is 4. The highest BCUT2D eigenvalue weighted by molar-refractivity contribution is 5.94. The van der Waals surface area contributed by atoms with Crippen LogP contribution in [-0.4, -0.2) is 37.7 Å². The van der Waals surface area contributed by atoms with E-state index in [1.54, 1.807) is 16.7 Å². The number of anilines is 2. The molecule has 0 atom stereocenters. The summed E-state index contributed by atoms with van der Waals surface area (Å²) >= 11 is 0. The molecule has 4 heterocycles. The number of rotatable bonds is 1. The Hall–Kier alpha value is -3.57. The molecule has 2 aliphatic rings. The largest absolute Gasteiger partial charge is 0.375 e. The first kappa shape index (κ1) is 19.1. The Morgan fingerprint density at radius 1 is 1.19 bits per heavy atom. The number of nitrogens with zero attached hydrogens (tertiary/aromatic N) is 6. The maximum absolute atomic E-state index is 15.2. The van der Waals surface area contributed by atoms with Gasteiger partial charge in [0.1, 0.15) is 23.2 Å². The third kappa shape index (κ3) is 3.00. The Kier molecular flexibility index (Phi) is 4.17. The summed E-state index contributed by atoms with van der Waals surface area (Å²) in [4.78, 5) is 11.3. The van der Waals surface area contributed by atoms with Gasteiger partial charge in [-0.15, -0.1) is 10.2 Å². The molecule has 0 N–H and O–H groups in total. The number of halogens is 1. The molecule has 1 aromatic carbocycles. The molecule has 0 amide bonds. The summed E-state index contributed by atoms with van der Waals surface area (Å²) in [5, 5.41) is 8.77. The van der Waals surface area contributed by atoms with Crippen LogP contribution in [0.4, 0.5) is 15.9 Å². The highest BCUT2D eigenvalue weighted by Crippen LogP contribution is 2.44. The maximum Gasteiger partial charge on any atom is 0.257 e. The lowest BCUT2D eigenvalue weighted by Gasteiger charge is -2.25. The molecule has 160 valence electrons. The zero-order valence-corrected chi connectivity index (χ0v) is 17.9. The molecular weight excluding hydrogens is 407 g/mol. The van der Waals surface area contributed by atoms with Gasteiger partial charge in [0.15, 0.2) is 0 Å². The molecule has 0 spiro atoms. The third-order valence-electron chi connectivity index (χ3n) is 6.24. The number of hydrogen-bond donors (Lipinski definition) is 0. The van der Waals surface area contributed by atoms with Gasteiger partial charge in [0.25, 0.3) is 5.78 Å². The quantitative estimate of drug-likeness (QED) is 0.428. The normalized spacial score (nSPS) is 17.0. The van der Waals surface area contributed by atoms with Gasteiger partial charge in [0.05, 0.1) is 29.8 Å². The summed E-state index contributed by atoms with van der Waals surface area (Å²) in [6.07, 6.45) is 3.98. The first-order valence-corrected chi connectivity index (χ1v) is 10.7. The summed E-state index contributed by atoms with van der Waals surface area (Å²) < 4.78 is 22.9. The van der Waals surface area contributed by atoms with Crippen LogP contribution in [0.2, 0.25) is 0 Å². The molecule has 8 heteroatoms. The zero-order valence-electron chi connectivity index (χ0n) is 17.9. The van der Waals surface area contributed by atoms with Crippen LogP contribution in [0.1, 0.15) is 36.8 Å². The highest BCUT2D eigenvalue weighted by Gasteiger charge is 2.35. The van der Waals surface area contributed by atoms with E-state index in [-0.39, 0.29) is 11.2 Å². The van der Waals surface area contributed by atoms with Crippen LogP contribution in [0.3, 0.4) is 0 Å². The van der Waals surface area contributed by atoms with E-state index in [2.05, 4.69) is 33.9 Å². The Morgan fingerprint density at radius 3 is 2.91 bits per heavy atom. The van der Waals surface area contributed by atoms with Crippen molar-refractivity contribution in [1.82, 2.24) is 24.6 Å². The molecular formula is C24H21FN6O. The first-order chi connectivity index (χ1) is 15.5. The fourth-order valence-corrected chi connectivity index (χ4v) is 4.15. The topological polar surface area (TPSA) is 68.4 Å². The predicted molar refractivity (Wildman–Crippen MR) is 118 cm³/mol. The van der Waals surface area contributed by atoms with Crippen molar-refractivity contribution in [3.05, 3.63) is 53.4 Å². The second kappa shape index (κ2) is 6.97. The molecule has 1 fully saturated rings. The van der Waals surface area contributed by atoms with Gasteiger partial charge in [0, 0.05) is 23.7 Å². The van der Waals surface area contributed by atoms with Crippen LogP contribution in [-0.2, 0) is 11.3 Å². The van der Waals surface area contributed by atoms with Gasteiger partial charge in [0.2, 0.25) is 0 Å². The summed E-state index contributed by atoms with van der Waals surface area (Å²) in [5.41, 5.74) is 3.24. The van der Waals surface area contributed by atoms with Gasteiger partial charge in [-0.25, -0.2) is 9.37 Å². The van der Waals surface area contributed by atoms with Crippen LogP contribution in [0.5, 0.6) is 0 Å². The molecule has 3 aromatic heterocycles. The average Bonchev–Trinajstić information content (AvgIpc) is 3.47.